The van der Waals surface area contributed by atoms with Gasteiger partial charge in [-0.15, -0.1) is 12.4 Å². The molecule has 0 spiro atoms. The highest BCUT2D eigenvalue weighted by molar-refractivity contribution is 5.87. The summed E-state index contributed by atoms with van der Waals surface area (Å²) in [6.07, 6.45) is 0.861. The number of fused-ring (bicyclic) bond motifs is 1. The highest BCUT2D eigenvalue weighted by atomic mass is 35.5. The molecule has 0 unspecified atom stereocenters. The van der Waals surface area contributed by atoms with Crippen molar-refractivity contribution in [3.05, 3.63) is 29.5 Å². The summed E-state index contributed by atoms with van der Waals surface area (Å²) in [6.45, 7) is 2.58. The average molecular weight is 242 g/mol. The van der Waals surface area contributed by atoms with E-state index in [-0.39, 0.29) is 12.4 Å². The molecule has 0 bridgehead atoms. The predicted octanol–water partition coefficient (Wildman–Crippen LogP) is 2.67. The summed E-state index contributed by atoms with van der Waals surface area (Å²) in [7, 11) is 1.65. The fourth-order valence-corrected chi connectivity index (χ4v) is 1.81. The fraction of sp³-hybridized carbons (Fsp3) is 0.333. The molecule has 0 saturated carbocycles. The van der Waals surface area contributed by atoms with E-state index in [0.29, 0.717) is 6.54 Å². The third-order valence-corrected chi connectivity index (χ3v) is 2.49. The summed E-state index contributed by atoms with van der Waals surface area (Å²) in [5.41, 5.74) is 7.60. The smallest absolute Gasteiger partial charge is 0.176 e. The Kier molecular flexibility index (Phi) is 4.21. The van der Waals surface area contributed by atoms with Crippen LogP contribution in [0.4, 0.5) is 0 Å². The fourth-order valence-electron chi connectivity index (χ4n) is 1.81. The minimum Gasteiger partial charge on any atom is -0.493 e. The van der Waals surface area contributed by atoms with Gasteiger partial charge in [0.05, 0.1) is 7.11 Å². The normalized spacial score (nSPS) is 10.2. The van der Waals surface area contributed by atoms with Crippen molar-refractivity contribution in [1.82, 2.24) is 0 Å². The molecule has 0 amide bonds. The lowest BCUT2D eigenvalue weighted by Crippen LogP contribution is -2.02. The van der Waals surface area contributed by atoms with Gasteiger partial charge in [-0.1, -0.05) is 6.07 Å². The highest BCUT2D eigenvalue weighted by Gasteiger charge is 2.10. The van der Waals surface area contributed by atoms with Crippen molar-refractivity contribution in [2.45, 2.75) is 13.3 Å². The highest BCUT2D eigenvalue weighted by Crippen LogP contribution is 2.31. The first kappa shape index (κ1) is 12.9. The number of methoxy groups -OCH3 is 1. The van der Waals surface area contributed by atoms with Crippen LogP contribution in [0.15, 0.2) is 22.6 Å². The van der Waals surface area contributed by atoms with Crippen LogP contribution in [0.5, 0.6) is 5.75 Å². The number of furan rings is 1. The Labute approximate surface area is 101 Å². The van der Waals surface area contributed by atoms with E-state index in [9.17, 15) is 0 Å². The first-order valence-corrected chi connectivity index (χ1v) is 5.02. The van der Waals surface area contributed by atoms with Crippen LogP contribution < -0.4 is 10.5 Å². The van der Waals surface area contributed by atoms with Crippen molar-refractivity contribution in [3.63, 3.8) is 0 Å². The number of halogens is 1. The predicted molar refractivity (Wildman–Crippen MR) is 67.5 cm³/mol. The van der Waals surface area contributed by atoms with Crippen molar-refractivity contribution in [3.8, 4) is 5.75 Å². The van der Waals surface area contributed by atoms with E-state index >= 15 is 0 Å². The molecule has 3 nitrogen and oxygen atoms in total. The van der Waals surface area contributed by atoms with Gasteiger partial charge in [0.25, 0.3) is 0 Å². The second kappa shape index (κ2) is 5.23. The summed E-state index contributed by atoms with van der Waals surface area (Å²) in [6, 6.07) is 6.00. The zero-order chi connectivity index (χ0) is 10.8. The van der Waals surface area contributed by atoms with Crippen LogP contribution in [0.2, 0.25) is 0 Å². The lowest BCUT2D eigenvalue weighted by molar-refractivity contribution is 0.408. The Bertz CT molecular complexity index is 479. The van der Waals surface area contributed by atoms with Gasteiger partial charge in [0.2, 0.25) is 0 Å². The number of nitrogens with two attached hydrogens (primary N) is 1. The van der Waals surface area contributed by atoms with Crippen molar-refractivity contribution in [1.29, 1.82) is 0 Å². The molecule has 0 radical (unpaired) electrons. The topological polar surface area (TPSA) is 48.4 Å². The maximum absolute atomic E-state index is 5.61. The number of rotatable bonds is 3. The summed E-state index contributed by atoms with van der Waals surface area (Å²) >= 11 is 0. The number of benzene rings is 1. The summed E-state index contributed by atoms with van der Waals surface area (Å²) in [5, 5.41) is 1.11. The van der Waals surface area contributed by atoms with Crippen LogP contribution in [0, 0.1) is 6.92 Å². The Morgan fingerprint density at radius 2 is 2.12 bits per heavy atom. The average Bonchev–Trinajstić information content (AvgIpc) is 2.61. The minimum absolute atomic E-state index is 0. The molecule has 1 heterocycles. The maximum atomic E-state index is 5.61. The van der Waals surface area contributed by atoms with Crippen LogP contribution >= 0.6 is 12.4 Å². The molecule has 0 fully saturated rings. The first-order valence-electron chi connectivity index (χ1n) is 5.02. The molecule has 16 heavy (non-hydrogen) atoms. The number of hydrogen-bond acceptors (Lipinski definition) is 3. The molecule has 4 heteroatoms. The first-order chi connectivity index (χ1) is 7.26. The third-order valence-electron chi connectivity index (χ3n) is 2.49. The SMILES string of the molecule is COc1ccc(CCN)c2cc(C)oc12.Cl. The summed E-state index contributed by atoms with van der Waals surface area (Å²) < 4.78 is 10.9. The quantitative estimate of drug-likeness (QED) is 0.899. The number of ether oxygens (including phenoxy) is 1. The van der Waals surface area contributed by atoms with Gasteiger partial charge in [-0.25, -0.2) is 0 Å². The van der Waals surface area contributed by atoms with Gasteiger partial charge in [0, 0.05) is 5.39 Å². The molecule has 0 saturated heterocycles. The molecule has 1 aromatic heterocycles. The van der Waals surface area contributed by atoms with Gasteiger partial charge in [0.15, 0.2) is 11.3 Å². The van der Waals surface area contributed by atoms with Gasteiger partial charge in [-0.05, 0) is 37.6 Å². The summed E-state index contributed by atoms with van der Waals surface area (Å²) in [5.74, 6) is 1.67. The van der Waals surface area contributed by atoms with E-state index in [1.54, 1.807) is 7.11 Å². The molecule has 1 aromatic carbocycles. The second-order valence-electron chi connectivity index (χ2n) is 3.57. The zero-order valence-electron chi connectivity index (χ0n) is 9.45. The van der Waals surface area contributed by atoms with E-state index < -0.39 is 0 Å². The Balaban J connectivity index is 0.00000128. The standard InChI is InChI=1S/C12H15NO2.ClH/c1-8-7-10-9(5-6-13)3-4-11(14-2)12(10)15-8;/h3-4,7H,5-6,13H2,1-2H3;1H. The van der Waals surface area contributed by atoms with Crippen LogP contribution in [0.1, 0.15) is 11.3 Å². The van der Waals surface area contributed by atoms with Crippen LogP contribution in [-0.2, 0) is 6.42 Å². The summed E-state index contributed by atoms with van der Waals surface area (Å²) in [4.78, 5) is 0. The third kappa shape index (κ3) is 2.15. The Morgan fingerprint density at radius 1 is 1.38 bits per heavy atom. The zero-order valence-corrected chi connectivity index (χ0v) is 10.3. The molecule has 0 aliphatic carbocycles. The largest absolute Gasteiger partial charge is 0.493 e. The van der Waals surface area contributed by atoms with E-state index in [4.69, 9.17) is 14.9 Å². The van der Waals surface area contributed by atoms with E-state index in [2.05, 4.69) is 0 Å². The maximum Gasteiger partial charge on any atom is 0.176 e. The number of aryl methyl sites for hydroxylation is 1. The lowest BCUT2D eigenvalue weighted by atomic mass is 10.1. The van der Waals surface area contributed by atoms with Crippen molar-refractivity contribution in [2.75, 3.05) is 13.7 Å². The van der Waals surface area contributed by atoms with Crippen molar-refractivity contribution < 1.29 is 9.15 Å². The van der Waals surface area contributed by atoms with E-state index in [1.807, 2.05) is 25.1 Å². The Hall–Kier alpha value is -1.19. The van der Waals surface area contributed by atoms with E-state index in [0.717, 1.165) is 28.9 Å². The molecule has 0 aliphatic rings. The lowest BCUT2D eigenvalue weighted by Gasteiger charge is -2.04. The van der Waals surface area contributed by atoms with Crippen LogP contribution in [-0.4, -0.2) is 13.7 Å². The molecular weight excluding hydrogens is 226 g/mol. The molecule has 2 aromatic rings. The van der Waals surface area contributed by atoms with Gasteiger partial charge < -0.3 is 14.9 Å². The minimum atomic E-state index is 0. The second-order valence-corrected chi connectivity index (χ2v) is 3.57. The monoisotopic (exact) mass is 241 g/mol. The van der Waals surface area contributed by atoms with Crippen LogP contribution in [0.3, 0.4) is 0 Å². The van der Waals surface area contributed by atoms with E-state index in [1.165, 1.54) is 5.56 Å². The van der Waals surface area contributed by atoms with Gasteiger partial charge >= 0.3 is 0 Å². The number of hydrogen-bond donors (Lipinski definition) is 1. The van der Waals surface area contributed by atoms with Crippen LogP contribution in [0.25, 0.3) is 11.0 Å². The molecule has 88 valence electrons. The molecule has 2 rings (SSSR count). The van der Waals surface area contributed by atoms with Gasteiger partial charge in [-0.2, -0.15) is 0 Å². The molecule has 2 N–H and O–H groups in total. The van der Waals surface area contributed by atoms with Gasteiger partial charge in [-0.3, -0.25) is 0 Å². The molecule has 0 atom stereocenters. The Morgan fingerprint density at radius 3 is 2.75 bits per heavy atom. The van der Waals surface area contributed by atoms with Gasteiger partial charge in [0.1, 0.15) is 5.76 Å². The molecule has 0 aliphatic heterocycles. The molecular formula is C12H16ClNO2. The van der Waals surface area contributed by atoms with Crippen molar-refractivity contribution in [2.24, 2.45) is 5.73 Å². The van der Waals surface area contributed by atoms with Crippen molar-refractivity contribution >= 4 is 23.4 Å².